The predicted octanol–water partition coefficient (Wildman–Crippen LogP) is 3.72. The van der Waals surface area contributed by atoms with Crippen LogP contribution in [0, 0.1) is 0 Å². The van der Waals surface area contributed by atoms with Crippen LogP contribution in [0.1, 0.15) is 57.4 Å². The van der Waals surface area contributed by atoms with Crippen molar-refractivity contribution < 1.29 is 4.74 Å². The van der Waals surface area contributed by atoms with Crippen molar-refractivity contribution in [3.05, 3.63) is 29.8 Å². The molecule has 0 aromatic heterocycles. The average molecular weight is 442 g/mol. The molecule has 0 spiro atoms. The highest BCUT2D eigenvalue weighted by Gasteiger charge is 2.39. The minimum Gasteiger partial charge on any atom is -0.381 e. The van der Waals surface area contributed by atoms with E-state index in [2.05, 4.69) is 58.3 Å². The number of benzene rings is 1. The summed E-state index contributed by atoms with van der Waals surface area (Å²) in [6.45, 7) is 11.3. The third-order valence-corrected chi connectivity index (χ3v) is 7.50. The van der Waals surface area contributed by atoms with E-state index >= 15 is 0 Å². The van der Waals surface area contributed by atoms with E-state index in [1.165, 1.54) is 69.5 Å². The molecule has 3 aliphatic heterocycles. The Morgan fingerprint density at radius 3 is 2.31 bits per heavy atom. The summed E-state index contributed by atoms with van der Waals surface area (Å²) < 4.78 is 5.71. The third kappa shape index (κ3) is 5.76. The maximum Gasteiger partial charge on any atom is 0.194 e. The van der Waals surface area contributed by atoms with Gasteiger partial charge in [-0.05, 0) is 82.7 Å². The molecule has 0 saturated carbocycles. The summed E-state index contributed by atoms with van der Waals surface area (Å²) in [6, 6.07) is 9.16. The van der Waals surface area contributed by atoms with Gasteiger partial charge in [-0.1, -0.05) is 12.1 Å². The van der Waals surface area contributed by atoms with Crippen molar-refractivity contribution >= 4 is 11.6 Å². The van der Waals surface area contributed by atoms with Crippen LogP contribution in [0.4, 0.5) is 5.69 Å². The topological polar surface area (TPSA) is 43.3 Å². The zero-order valence-electron chi connectivity index (χ0n) is 20.3. The van der Waals surface area contributed by atoms with Gasteiger partial charge in [0.1, 0.15) is 0 Å². The molecule has 0 amide bonds. The largest absolute Gasteiger partial charge is 0.381 e. The summed E-state index contributed by atoms with van der Waals surface area (Å²) in [7, 11) is 2.16. The van der Waals surface area contributed by atoms with E-state index in [0.29, 0.717) is 0 Å². The number of hydrogen-bond donors (Lipinski definition) is 1. The fourth-order valence-corrected chi connectivity index (χ4v) is 5.52. The SMILES string of the molecule is CCNC(=NCC1(N2CCCC2)CCOCC1)N(C)Cc1ccc(N2CCCCC2)cc1. The number of guanidine groups is 1. The van der Waals surface area contributed by atoms with E-state index in [1.807, 2.05) is 0 Å². The van der Waals surface area contributed by atoms with Crippen molar-refractivity contribution in [1.29, 1.82) is 0 Å². The van der Waals surface area contributed by atoms with Crippen LogP contribution in [0.5, 0.6) is 0 Å². The van der Waals surface area contributed by atoms with Crippen molar-refractivity contribution in [2.75, 3.05) is 64.4 Å². The number of rotatable bonds is 7. The summed E-state index contributed by atoms with van der Waals surface area (Å²) in [6.07, 6.45) is 8.84. The summed E-state index contributed by atoms with van der Waals surface area (Å²) in [5, 5.41) is 3.53. The summed E-state index contributed by atoms with van der Waals surface area (Å²) in [5.74, 6) is 1.01. The number of aliphatic imine (C=N–C) groups is 1. The molecule has 3 aliphatic rings. The summed E-state index contributed by atoms with van der Waals surface area (Å²) >= 11 is 0. The summed E-state index contributed by atoms with van der Waals surface area (Å²) in [5.41, 5.74) is 2.87. The fraction of sp³-hybridized carbons (Fsp3) is 0.731. The van der Waals surface area contributed by atoms with Crippen LogP contribution >= 0.6 is 0 Å². The molecule has 1 aromatic carbocycles. The average Bonchev–Trinajstić information content (AvgIpc) is 3.39. The summed E-state index contributed by atoms with van der Waals surface area (Å²) in [4.78, 5) is 12.7. The standard InChI is InChI=1S/C26H43N5O/c1-3-27-25(28-22-26(13-19-32-20-14-26)31-17-7-8-18-31)29(2)21-23-9-11-24(12-10-23)30-15-5-4-6-16-30/h9-12H,3-8,13-22H2,1-2H3,(H,27,28). The molecular formula is C26H43N5O. The van der Waals surface area contributed by atoms with Crippen molar-refractivity contribution in [3.8, 4) is 0 Å². The smallest absolute Gasteiger partial charge is 0.194 e. The Hall–Kier alpha value is -1.79. The Morgan fingerprint density at radius 1 is 1.00 bits per heavy atom. The zero-order chi connectivity index (χ0) is 22.2. The van der Waals surface area contributed by atoms with Crippen LogP contribution in [-0.4, -0.2) is 80.8 Å². The van der Waals surface area contributed by atoms with Gasteiger partial charge in [-0.25, -0.2) is 0 Å². The van der Waals surface area contributed by atoms with Crippen LogP contribution in [0.3, 0.4) is 0 Å². The number of likely N-dealkylation sites (tertiary alicyclic amines) is 1. The molecule has 3 fully saturated rings. The van der Waals surface area contributed by atoms with Crippen LogP contribution in [-0.2, 0) is 11.3 Å². The van der Waals surface area contributed by atoms with E-state index in [4.69, 9.17) is 9.73 Å². The van der Waals surface area contributed by atoms with Gasteiger partial charge in [-0.3, -0.25) is 9.89 Å². The number of anilines is 1. The molecule has 6 nitrogen and oxygen atoms in total. The first kappa shape index (κ1) is 23.4. The quantitative estimate of drug-likeness (QED) is 0.516. The lowest BCUT2D eigenvalue weighted by molar-refractivity contribution is -0.0139. The van der Waals surface area contributed by atoms with Gasteiger partial charge in [0.05, 0.1) is 6.54 Å². The number of ether oxygens (including phenoxy) is 1. The zero-order valence-corrected chi connectivity index (χ0v) is 20.3. The van der Waals surface area contributed by atoms with Gasteiger partial charge < -0.3 is 19.9 Å². The van der Waals surface area contributed by atoms with Gasteiger partial charge >= 0.3 is 0 Å². The molecule has 32 heavy (non-hydrogen) atoms. The monoisotopic (exact) mass is 441 g/mol. The first-order chi connectivity index (χ1) is 15.7. The van der Waals surface area contributed by atoms with Crippen LogP contribution in [0.15, 0.2) is 29.3 Å². The minimum absolute atomic E-state index is 0.173. The lowest BCUT2D eigenvalue weighted by Gasteiger charge is -2.43. The second kappa shape index (κ2) is 11.4. The highest BCUT2D eigenvalue weighted by Crippen LogP contribution is 2.31. The fourth-order valence-electron chi connectivity index (χ4n) is 5.52. The van der Waals surface area contributed by atoms with Gasteiger partial charge in [0.2, 0.25) is 0 Å². The Morgan fingerprint density at radius 2 is 1.66 bits per heavy atom. The van der Waals surface area contributed by atoms with E-state index in [0.717, 1.165) is 51.6 Å². The molecule has 1 aromatic rings. The molecule has 6 heteroatoms. The predicted molar refractivity (Wildman–Crippen MR) is 134 cm³/mol. The normalized spacial score (nSPS) is 22.2. The molecular weight excluding hydrogens is 398 g/mol. The Bertz CT molecular complexity index is 716. The molecule has 1 N–H and O–H groups in total. The van der Waals surface area contributed by atoms with E-state index in [1.54, 1.807) is 0 Å². The second-order valence-corrected chi connectivity index (χ2v) is 9.77. The maximum absolute atomic E-state index is 5.71. The number of hydrogen-bond acceptors (Lipinski definition) is 4. The Labute approximate surface area is 195 Å². The molecule has 0 unspecified atom stereocenters. The van der Waals surface area contributed by atoms with Crippen molar-refractivity contribution in [2.24, 2.45) is 4.99 Å². The minimum atomic E-state index is 0.173. The van der Waals surface area contributed by atoms with Crippen molar-refractivity contribution in [3.63, 3.8) is 0 Å². The first-order valence-corrected chi connectivity index (χ1v) is 12.9. The van der Waals surface area contributed by atoms with Crippen LogP contribution in [0.2, 0.25) is 0 Å². The lowest BCUT2D eigenvalue weighted by atomic mass is 9.88. The van der Waals surface area contributed by atoms with Gasteiger partial charge in [0, 0.05) is 57.7 Å². The van der Waals surface area contributed by atoms with E-state index in [-0.39, 0.29) is 5.54 Å². The highest BCUT2D eigenvalue weighted by atomic mass is 16.5. The lowest BCUT2D eigenvalue weighted by Crippen LogP contribution is -2.54. The highest BCUT2D eigenvalue weighted by molar-refractivity contribution is 5.79. The van der Waals surface area contributed by atoms with Crippen LogP contribution < -0.4 is 10.2 Å². The molecule has 178 valence electrons. The molecule has 0 aliphatic carbocycles. The Balaban J connectivity index is 1.41. The molecule has 3 heterocycles. The first-order valence-electron chi connectivity index (χ1n) is 12.9. The second-order valence-electron chi connectivity index (χ2n) is 9.77. The number of nitrogens with zero attached hydrogens (tertiary/aromatic N) is 4. The van der Waals surface area contributed by atoms with E-state index < -0.39 is 0 Å². The van der Waals surface area contributed by atoms with Gasteiger partial charge in [0.15, 0.2) is 5.96 Å². The number of piperidine rings is 1. The molecule has 4 rings (SSSR count). The van der Waals surface area contributed by atoms with Crippen molar-refractivity contribution in [2.45, 2.75) is 64.0 Å². The molecule has 0 bridgehead atoms. The molecule has 0 atom stereocenters. The van der Waals surface area contributed by atoms with Gasteiger partial charge in [0.25, 0.3) is 0 Å². The Kier molecular flexibility index (Phi) is 8.31. The van der Waals surface area contributed by atoms with Crippen LogP contribution in [0.25, 0.3) is 0 Å². The van der Waals surface area contributed by atoms with E-state index in [9.17, 15) is 0 Å². The third-order valence-electron chi connectivity index (χ3n) is 7.50. The van der Waals surface area contributed by atoms with Gasteiger partial charge in [-0.2, -0.15) is 0 Å². The maximum atomic E-state index is 5.71. The van der Waals surface area contributed by atoms with Gasteiger partial charge in [-0.15, -0.1) is 0 Å². The molecule has 0 radical (unpaired) electrons. The number of nitrogens with one attached hydrogen (secondary N) is 1. The van der Waals surface area contributed by atoms with Crippen molar-refractivity contribution in [1.82, 2.24) is 15.1 Å². The molecule has 3 saturated heterocycles.